The first-order valence-corrected chi connectivity index (χ1v) is 6.59. The molecule has 1 amide bonds. The highest BCUT2D eigenvalue weighted by Gasteiger charge is 2.23. The smallest absolute Gasteiger partial charge is 0.227 e. The number of likely N-dealkylation sites (N-methyl/N-ethyl adjacent to an activating group) is 1. The molecule has 100 valence electrons. The monoisotopic (exact) mass is 270 g/mol. The summed E-state index contributed by atoms with van der Waals surface area (Å²) in [5.74, 6) is 0.138. The molecule has 1 saturated heterocycles. The number of carbonyl (C=O) groups excluding carboxylic acids is 1. The normalized spacial score (nSPS) is 18.9. The highest BCUT2D eigenvalue weighted by Crippen LogP contribution is 2.11. The Labute approximate surface area is 112 Å². The molecular formula is C12H19ClN4O. The number of hydrogen-bond donors (Lipinski definition) is 0. The van der Waals surface area contributed by atoms with Crippen molar-refractivity contribution in [2.24, 2.45) is 5.92 Å². The summed E-state index contributed by atoms with van der Waals surface area (Å²) < 4.78 is 1.72. The van der Waals surface area contributed by atoms with Gasteiger partial charge < -0.3 is 9.80 Å². The number of halogens is 1. The molecule has 1 aromatic rings. The van der Waals surface area contributed by atoms with Gasteiger partial charge in [0, 0.05) is 32.4 Å². The maximum absolute atomic E-state index is 12.2. The molecule has 1 atom stereocenters. The van der Waals surface area contributed by atoms with Crippen LogP contribution in [0.3, 0.4) is 0 Å². The molecule has 0 saturated carbocycles. The number of hydrogen-bond acceptors (Lipinski definition) is 3. The molecule has 0 bridgehead atoms. The van der Waals surface area contributed by atoms with Crippen molar-refractivity contribution < 1.29 is 4.79 Å². The summed E-state index contributed by atoms with van der Waals surface area (Å²) in [6.45, 7) is 6.06. The third kappa shape index (κ3) is 3.23. The lowest BCUT2D eigenvalue weighted by atomic mass is 10.1. The summed E-state index contributed by atoms with van der Waals surface area (Å²) in [7, 11) is 2.08. The second kappa shape index (κ2) is 5.71. The zero-order valence-corrected chi connectivity index (χ0v) is 11.6. The van der Waals surface area contributed by atoms with Gasteiger partial charge >= 0.3 is 0 Å². The minimum absolute atomic E-state index is 0.0654. The predicted octanol–water partition coefficient (Wildman–Crippen LogP) is 0.947. The number of nitrogens with zero attached hydrogens (tertiary/aromatic N) is 4. The van der Waals surface area contributed by atoms with Crippen LogP contribution < -0.4 is 0 Å². The Morgan fingerprint density at radius 3 is 2.67 bits per heavy atom. The van der Waals surface area contributed by atoms with Crippen molar-refractivity contribution in [3.63, 3.8) is 0 Å². The van der Waals surface area contributed by atoms with Crippen LogP contribution in [-0.2, 0) is 11.3 Å². The zero-order chi connectivity index (χ0) is 13.1. The first-order valence-electron chi connectivity index (χ1n) is 6.21. The van der Waals surface area contributed by atoms with Crippen molar-refractivity contribution in [2.75, 3.05) is 33.2 Å². The molecule has 1 aromatic heterocycles. The Kier molecular flexibility index (Phi) is 4.24. The van der Waals surface area contributed by atoms with Gasteiger partial charge in [-0.25, -0.2) is 0 Å². The summed E-state index contributed by atoms with van der Waals surface area (Å²) in [5.41, 5.74) is 0. The fourth-order valence-electron chi connectivity index (χ4n) is 2.14. The van der Waals surface area contributed by atoms with Gasteiger partial charge in [-0.1, -0.05) is 18.5 Å². The summed E-state index contributed by atoms with van der Waals surface area (Å²) in [6, 6.07) is 0. The number of rotatable bonds is 3. The fourth-order valence-corrected chi connectivity index (χ4v) is 2.29. The highest BCUT2D eigenvalue weighted by molar-refractivity contribution is 6.30. The first-order chi connectivity index (χ1) is 8.56. The lowest BCUT2D eigenvalue weighted by molar-refractivity contribution is -0.137. The number of aromatic nitrogens is 2. The molecule has 5 nitrogen and oxygen atoms in total. The lowest BCUT2D eigenvalue weighted by Crippen LogP contribution is -2.49. The van der Waals surface area contributed by atoms with Crippen LogP contribution in [0.2, 0.25) is 5.02 Å². The molecule has 18 heavy (non-hydrogen) atoms. The molecule has 2 rings (SSSR count). The van der Waals surface area contributed by atoms with Crippen LogP contribution in [0, 0.1) is 5.92 Å². The van der Waals surface area contributed by atoms with E-state index in [0.29, 0.717) is 11.6 Å². The fraction of sp³-hybridized carbons (Fsp3) is 0.667. The van der Waals surface area contributed by atoms with Gasteiger partial charge in [0.05, 0.1) is 23.7 Å². The van der Waals surface area contributed by atoms with Crippen molar-refractivity contribution in [1.29, 1.82) is 0 Å². The van der Waals surface area contributed by atoms with Gasteiger partial charge in [-0.15, -0.1) is 0 Å². The first kappa shape index (κ1) is 13.4. The number of carbonyl (C=O) groups is 1. The van der Waals surface area contributed by atoms with E-state index in [0.717, 1.165) is 26.2 Å². The van der Waals surface area contributed by atoms with Gasteiger partial charge in [0.1, 0.15) is 0 Å². The van der Waals surface area contributed by atoms with E-state index < -0.39 is 0 Å². The molecule has 0 aliphatic carbocycles. The molecule has 1 aliphatic rings. The van der Waals surface area contributed by atoms with E-state index in [-0.39, 0.29) is 11.8 Å². The van der Waals surface area contributed by atoms with Crippen LogP contribution >= 0.6 is 11.6 Å². The quantitative estimate of drug-likeness (QED) is 0.821. The number of amides is 1. The summed E-state index contributed by atoms with van der Waals surface area (Å²) in [4.78, 5) is 16.4. The van der Waals surface area contributed by atoms with Crippen LogP contribution in [0.4, 0.5) is 0 Å². The van der Waals surface area contributed by atoms with Crippen molar-refractivity contribution in [1.82, 2.24) is 19.6 Å². The van der Waals surface area contributed by atoms with Crippen molar-refractivity contribution >= 4 is 17.5 Å². The standard InChI is InChI=1S/C12H19ClN4O/c1-10(8-17-9-11(13)7-14-17)12(18)16-5-3-15(2)4-6-16/h7,9-10H,3-6,8H2,1-2H3/t10-/m1/s1. The van der Waals surface area contributed by atoms with E-state index in [1.165, 1.54) is 0 Å². The lowest BCUT2D eigenvalue weighted by Gasteiger charge is -2.34. The molecule has 0 aromatic carbocycles. The predicted molar refractivity (Wildman–Crippen MR) is 70.5 cm³/mol. The van der Waals surface area contributed by atoms with Crippen molar-refractivity contribution in [2.45, 2.75) is 13.5 Å². The molecule has 1 aliphatic heterocycles. The molecule has 0 unspecified atom stereocenters. The third-order valence-electron chi connectivity index (χ3n) is 3.30. The molecule has 0 radical (unpaired) electrons. The SMILES string of the molecule is C[C@H](Cn1cc(Cl)cn1)C(=O)N1CCN(C)CC1. The van der Waals surface area contributed by atoms with Crippen LogP contribution in [0.5, 0.6) is 0 Å². The topological polar surface area (TPSA) is 41.4 Å². The van der Waals surface area contributed by atoms with E-state index in [9.17, 15) is 4.79 Å². The van der Waals surface area contributed by atoms with E-state index in [1.54, 1.807) is 17.1 Å². The van der Waals surface area contributed by atoms with E-state index in [1.807, 2.05) is 11.8 Å². The Morgan fingerprint density at radius 1 is 1.44 bits per heavy atom. The molecule has 0 N–H and O–H groups in total. The second-order valence-corrected chi connectivity index (χ2v) is 5.35. The van der Waals surface area contributed by atoms with Gasteiger partial charge in [-0.3, -0.25) is 9.48 Å². The van der Waals surface area contributed by atoms with E-state index in [4.69, 9.17) is 11.6 Å². The highest BCUT2D eigenvalue weighted by atomic mass is 35.5. The summed E-state index contributed by atoms with van der Waals surface area (Å²) in [6.07, 6.45) is 3.34. The van der Waals surface area contributed by atoms with Crippen LogP contribution in [0.15, 0.2) is 12.4 Å². The second-order valence-electron chi connectivity index (χ2n) is 4.91. The average molecular weight is 271 g/mol. The minimum Gasteiger partial charge on any atom is -0.340 e. The summed E-state index contributed by atoms with van der Waals surface area (Å²) in [5, 5.41) is 4.71. The van der Waals surface area contributed by atoms with Gasteiger partial charge in [-0.2, -0.15) is 5.10 Å². The maximum atomic E-state index is 12.2. The third-order valence-corrected chi connectivity index (χ3v) is 3.49. The maximum Gasteiger partial charge on any atom is 0.227 e. The molecular weight excluding hydrogens is 252 g/mol. The van der Waals surface area contributed by atoms with E-state index >= 15 is 0 Å². The van der Waals surface area contributed by atoms with Crippen molar-refractivity contribution in [3.05, 3.63) is 17.4 Å². The Hall–Kier alpha value is -1.07. The van der Waals surface area contributed by atoms with Gasteiger partial charge in [0.25, 0.3) is 0 Å². The van der Waals surface area contributed by atoms with Crippen LogP contribution in [0.1, 0.15) is 6.92 Å². The molecule has 2 heterocycles. The summed E-state index contributed by atoms with van der Waals surface area (Å²) >= 11 is 5.80. The van der Waals surface area contributed by atoms with Gasteiger partial charge in [0.15, 0.2) is 0 Å². The molecule has 1 fully saturated rings. The Bertz CT molecular complexity index is 412. The van der Waals surface area contributed by atoms with Crippen LogP contribution in [-0.4, -0.2) is 58.7 Å². The minimum atomic E-state index is -0.0654. The Balaban J connectivity index is 1.88. The van der Waals surface area contributed by atoms with Gasteiger partial charge in [-0.05, 0) is 7.05 Å². The van der Waals surface area contributed by atoms with Crippen LogP contribution in [0.25, 0.3) is 0 Å². The van der Waals surface area contributed by atoms with Crippen molar-refractivity contribution in [3.8, 4) is 0 Å². The largest absolute Gasteiger partial charge is 0.340 e. The number of piperazine rings is 1. The Morgan fingerprint density at radius 2 is 2.11 bits per heavy atom. The average Bonchev–Trinajstić information content (AvgIpc) is 2.75. The van der Waals surface area contributed by atoms with Gasteiger partial charge in [0.2, 0.25) is 5.91 Å². The molecule has 6 heteroatoms. The molecule has 0 spiro atoms. The van der Waals surface area contributed by atoms with E-state index in [2.05, 4.69) is 17.0 Å². The zero-order valence-electron chi connectivity index (χ0n) is 10.8.